The Balaban J connectivity index is 3.16. The second kappa shape index (κ2) is 3.53. The summed E-state index contributed by atoms with van der Waals surface area (Å²) in [5, 5.41) is 0. The zero-order chi connectivity index (χ0) is 11.1. The molecule has 0 amide bonds. The molecule has 1 heterocycles. The highest BCUT2D eigenvalue weighted by molar-refractivity contribution is 8.34. The highest BCUT2D eigenvalue weighted by atomic mass is 32.3. The van der Waals surface area contributed by atoms with Crippen molar-refractivity contribution in [2.24, 2.45) is 0 Å². The van der Waals surface area contributed by atoms with E-state index in [-0.39, 0.29) is 0 Å². The van der Waals surface area contributed by atoms with Crippen LogP contribution >= 0.6 is 21.4 Å². The number of aromatic nitrogens is 1. The highest BCUT2D eigenvalue weighted by Gasteiger charge is 2.32. The van der Waals surface area contributed by atoms with Crippen molar-refractivity contribution in [1.29, 1.82) is 0 Å². The molecule has 1 aromatic heterocycles. The van der Waals surface area contributed by atoms with Gasteiger partial charge in [0.2, 0.25) is 0 Å². The van der Waals surface area contributed by atoms with Gasteiger partial charge in [0.05, 0.1) is 5.69 Å². The van der Waals surface area contributed by atoms with E-state index in [0.29, 0.717) is 4.75 Å². The van der Waals surface area contributed by atoms with Crippen molar-refractivity contribution in [3.8, 4) is 0 Å². The number of aryl methyl sites for hydroxylation is 2. The number of rotatable bonds is 1. The number of nitrogens with zero attached hydrogens (tertiary/aromatic N) is 1. The molecule has 1 nitrogen and oxygen atoms in total. The Kier molecular flexibility index (Phi) is 3.04. The molecule has 0 saturated heterocycles. The van der Waals surface area contributed by atoms with E-state index in [4.69, 9.17) is 4.98 Å². The third-order valence-corrected chi connectivity index (χ3v) is 9.37. The van der Waals surface area contributed by atoms with E-state index < -0.39 is 10.0 Å². The van der Waals surface area contributed by atoms with Crippen molar-refractivity contribution in [3.05, 3.63) is 10.6 Å². The van der Waals surface area contributed by atoms with E-state index >= 15 is 0 Å². The van der Waals surface area contributed by atoms with E-state index in [1.807, 2.05) is 11.3 Å². The third-order valence-electron chi connectivity index (χ3n) is 2.98. The minimum absolute atomic E-state index is 0.337. The Hall–Kier alpha value is -0.0200. The highest BCUT2D eigenvalue weighted by Crippen LogP contribution is 2.60. The smallest absolute Gasteiger partial charge is 0.133 e. The Labute approximate surface area is 93.3 Å². The molecule has 0 unspecified atom stereocenters. The van der Waals surface area contributed by atoms with Crippen molar-refractivity contribution >= 4 is 21.4 Å². The number of hydrogen-bond acceptors (Lipinski definition) is 2. The zero-order valence-electron chi connectivity index (χ0n) is 10.3. The first-order valence-electron chi connectivity index (χ1n) is 4.83. The van der Waals surface area contributed by atoms with Crippen LogP contribution in [0.5, 0.6) is 0 Å². The molecule has 0 fully saturated rings. The summed E-state index contributed by atoms with van der Waals surface area (Å²) in [5.41, 5.74) is 1.20. The third kappa shape index (κ3) is 1.98. The first kappa shape index (κ1) is 12.1. The van der Waals surface area contributed by atoms with E-state index in [9.17, 15) is 0 Å². The Bertz CT molecular complexity index is 312. The second-order valence-electron chi connectivity index (χ2n) is 5.06. The predicted molar refractivity (Wildman–Crippen MR) is 69.0 cm³/mol. The van der Waals surface area contributed by atoms with Crippen LogP contribution in [0.1, 0.15) is 31.3 Å². The van der Waals surface area contributed by atoms with Crippen molar-refractivity contribution < 1.29 is 0 Å². The van der Waals surface area contributed by atoms with Gasteiger partial charge in [0.1, 0.15) is 4.34 Å². The van der Waals surface area contributed by atoms with Crippen LogP contribution in [0.15, 0.2) is 4.34 Å². The van der Waals surface area contributed by atoms with Crippen molar-refractivity contribution in [3.63, 3.8) is 0 Å². The number of hydrogen-bond donors (Lipinski definition) is 0. The quantitative estimate of drug-likeness (QED) is 0.712. The summed E-state index contributed by atoms with van der Waals surface area (Å²) in [6, 6.07) is 0. The van der Waals surface area contributed by atoms with Gasteiger partial charge in [-0.3, -0.25) is 0 Å². The molecule has 3 heteroatoms. The molecule has 0 spiro atoms. The average Bonchev–Trinajstić information content (AvgIpc) is 2.30. The van der Waals surface area contributed by atoms with Gasteiger partial charge in [-0.15, -0.1) is 11.3 Å². The summed E-state index contributed by atoms with van der Waals surface area (Å²) in [5.74, 6) is 0. The van der Waals surface area contributed by atoms with Crippen molar-refractivity contribution in [1.82, 2.24) is 4.98 Å². The fraction of sp³-hybridized carbons (Fsp3) is 0.727. The van der Waals surface area contributed by atoms with Crippen LogP contribution in [0.3, 0.4) is 0 Å². The minimum atomic E-state index is -0.771. The van der Waals surface area contributed by atoms with Gasteiger partial charge in [-0.2, -0.15) is 10.0 Å². The summed E-state index contributed by atoms with van der Waals surface area (Å²) in [6.45, 7) is 11.2. The molecule has 0 aromatic carbocycles. The molecular formula is C11H21NS2. The maximum absolute atomic E-state index is 4.70. The molecule has 0 saturated carbocycles. The largest absolute Gasteiger partial charge is 0.236 e. The molecule has 14 heavy (non-hydrogen) atoms. The first-order chi connectivity index (χ1) is 6.16. The summed E-state index contributed by atoms with van der Waals surface area (Å²) in [7, 11) is -0.771. The van der Waals surface area contributed by atoms with Gasteiger partial charge in [0, 0.05) is 4.88 Å². The Morgan fingerprint density at radius 2 is 1.64 bits per heavy atom. The minimum Gasteiger partial charge on any atom is -0.236 e. The standard InChI is InChI=1S/C11H21NS2/c1-8-9(2)13-10(12-8)14(6,7)11(3,4)5/h1-7H3. The Morgan fingerprint density at radius 1 is 1.14 bits per heavy atom. The summed E-state index contributed by atoms with van der Waals surface area (Å²) >= 11 is 1.87. The van der Waals surface area contributed by atoms with Gasteiger partial charge >= 0.3 is 0 Å². The molecule has 82 valence electrons. The van der Waals surface area contributed by atoms with Gasteiger partial charge in [0.25, 0.3) is 0 Å². The van der Waals surface area contributed by atoms with Gasteiger partial charge in [-0.1, -0.05) is 20.8 Å². The lowest BCUT2D eigenvalue weighted by Crippen LogP contribution is -2.23. The maximum atomic E-state index is 4.70. The van der Waals surface area contributed by atoms with E-state index in [1.165, 1.54) is 14.9 Å². The molecule has 0 radical (unpaired) electrons. The normalized spacial score (nSPS) is 14.5. The fourth-order valence-corrected chi connectivity index (χ4v) is 4.41. The lowest BCUT2D eigenvalue weighted by atomic mass is 10.3. The van der Waals surface area contributed by atoms with Crippen LogP contribution in [0.25, 0.3) is 0 Å². The van der Waals surface area contributed by atoms with E-state index in [0.717, 1.165) is 0 Å². The Morgan fingerprint density at radius 3 is 1.93 bits per heavy atom. The van der Waals surface area contributed by atoms with Crippen LogP contribution in [0.2, 0.25) is 0 Å². The summed E-state index contributed by atoms with van der Waals surface area (Å²) in [4.78, 5) is 6.07. The van der Waals surface area contributed by atoms with Gasteiger partial charge < -0.3 is 0 Å². The van der Waals surface area contributed by atoms with E-state index in [2.05, 4.69) is 47.1 Å². The molecule has 1 aromatic rings. The lowest BCUT2D eigenvalue weighted by molar-refractivity contribution is 0.785. The van der Waals surface area contributed by atoms with Crippen molar-refractivity contribution in [2.75, 3.05) is 12.5 Å². The molecule has 0 aliphatic rings. The molecule has 0 atom stereocenters. The molecular weight excluding hydrogens is 210 g/mol. The van der Waals surface area contributed by atoms with Gasteiger partial charge in [-0.25, -0.2) is 4.98 Å². The van der Waals surface area contributed by atoms with Crippen LogP contribution < -0.4 is 0 Å². The van der Waals surface area contributed by atoms with Gasteiger partial charge in [-0.05, 0) is 31.1 Å². The predicted octanol–water partition coefficient (Wildman–Crippen LogP) is 3.98. The maximum Gasteiger partial charge on any atom is 0.133 e. The molecule has 0 bridgehead atoms. The van der Waals surface area contributed by atoms with Crippen LogP contribution in [0, 0.1) is 13.8 Å². The monoisotopic (exact) mass is 231 g/mol. The zero-order valence-corrected chi connectivity index (χ0v) is 11.9. The molecule has 1 rings (SSSR count). The van der Waals surface area contributed by atoms with Gasteiger partial charge in [0.15, 0.2) is 0 Å². The molecule has 0 aliphatic heterocycles. The second-order valence-corrected chi connectivity index (χ2v) is 10.8. The van der Waals surface area contributed by atoms with E-state index in [1.54, 1.807) is 0 Å². The number of thiazole rings is 1. The SMILES string of the molecule is Cc1nc(S(C)(C)C(C)(C)C)sc1C. The fourth-order valence-electron chi connectivity index (χ4n) is 0.924. The van der Waals surface area contributed by atoms with Crippen LogP contribution in [-0.4, -0.2) is 22.2 Å². The van der Waals surface area contributed by atoms with Crippen LogP contribution in [0.4, 0.5) is 0 Å². The van der Waals surface area contributed by atoms with Crippen LogP contribution in [-0.2, 0) is 0 Å². The lowest BCUT2D eigenvalue weighted by Gasteiger charge is -2.42. The summed E-state index contributed by atoms with van der Waals surface area (Å²) in [6.07, 6.45) is 4.73. The topological polar surface area (TPSA) is 12.9 Å². The van der Waals surface area contributed by atoms with Crippen molar-refractivity contribution in [2.45, 2.75) is 43.7 Å². The molecule has 0 aliphatic carbocycles. The average molecular weight is 231 g/mol. The first-order valence-corrected chi connectivity index (χ1v) is 8.10. The summed E-state index contributed by atoms with van der Waals surface area (Å²) < 4.78 is 1.68. The molecule has 0 N–H and O–H groups in total.